The molecule has 14 heteroatoms. The first-order valence-corrected chi connectivity index (χ1v) is 15.8. The van der Waals surface area contributed by atoms with Crippen LogP contribution in [0.5, 0.6) is 5.75 Å². The lowest BCUT2D eigenvalue weighted by Gasteiger charge is -2.32. The first kappa shape index (κ1) is 38.0. The van der Waals surface area contributed by atoms with E-state index in [1.54, 1.807) is 6.92 Å². The molecule has 2 aromatic rings. The van der Waals surface area contributed by atoms with Gasteiger partial charge < -0.3 is 23.0 Å². The van der Waals surface area contributed by atoms with E-state index in [0.29, 0.717) is 23.9 Å². The average molecular weight is 684 g/mol. The minimum Gasteiger partial charge on any atom is -0.493 e. The maximum atomic E-state index is 14.0. The van der Waals surface area contributed by atoms with Crippen LogP contribution in [-0.2, 0) is 43.5 Å². The summed E-state index contributed by atoms with van der Waals surface area (Å²) in [6.07, 6.45) is -8.88. The van der Waals surface area contributed by atoms with Gasteiger partial charge in [-0.05, 0) is 103 Å². The number of nitrogens with zero attached hydrogens (tertiary/aromatic N) is 1. The molecular formula is C32H41F7NO5P. The highest BCUT2D eigenvalue weighted by atomic mass is 31.2. The Labute approximate surface area is 266 Å². The number of aryl methyl sites for hydroxylation is 2. The minimum atomic E-state index is -4.85. The van der Waals surface area contributed by atoms with Crippen LogP contribution < -0.4 is 4.74 Å². The van der Waals surface area contributed by atoms with Gasteiger partial charge in [-0.3, -0.25) is 0 Å². The second kappa shape index (κ2) is 14.7. The smallest absolute Gasteiger partial charge is 0.419 e. The first-order valence-electron chi connectivity index (χ1n) is 14.7. The van der Waals surface area contributed by atoms with Crippen molar-refractivity contribution in [2.45, 2.75) is 103 Å². The molecule has 258 valence electrons. The van der Waals surface area contributed by atoms with E-state index in [-0.39, 0.29) is 44.6 Å². The van der Waals surface area contributed by atoms with E-state index in [0.717, 1.165) is 12.1 Å². The normalized spacial score (nSPS) is 17.8. The molecule has 0 fully saturated rings. The molecule has 0 saturated heterocycles. The quantitative estimate of drug-likeness (QED) is 0.120. The van der Waals surface area contributed by atoms with Crippen LogP contribution in [-0.4, -0.2) is 42.5 Å². The summed E-state index contributed by atoms with van der Waals surface area (Å²) in [5, 5.41) is 0. The number of hydrogen-bond donors (Lipinski definition) is 0. The van der Waals surface area contributed by atoms with E-state index in [9.17, 15) is 30.7 Å². The molecule has 0 spiro atoms. The molecule has 1 aliphatic rings. The summed E-state index contributed by atoms with van der Waals surface area (Å²) in [6.45, 7) is 13.0. The fraction of sp³-hybridized carbons (Fsp3) is 0.594. The summed E-state index contributed by atoms with van der Waals surface area (Å²) in [5.74, 6) is -1.35. The summed E-state index contributed by atoms with van der Waals surface area (Å²) in [6, 6.07) is 6.40. The molecule has 0 aromatic heterocycles. The van der Waals surface area contributed by atoms with Gasteiger partial charge in [0.25, 0.3) is 0 Å². The molecule has 3 rings (SSSR count). The molecule has 0 amide bonds. The second-order valence-corrected chi connectivity index (χ2v) is 14.2. The predicted molar refractivity (Wildman–Crippen MR) is 161 cm³/mol. The maximum absolute atomic E-state index is 14.0. The van der Waals surface area contributed by atoms with Crippen molar-refractivity contribution in [3.63, 3.8) is 0 Å². The highest BCUT2D eigenvalue weighted by Crippen LogP contribution is 2.48. The van der Waals surface area contributed by atoms with Crippen LogP contribution >= 0.6 is 8.60 Å². The molecule has 1 atom stereocenters. The lowest BCUT2D eigenvalue weighted by Crippen LogP contribution is -2.35. The molecule has 0 N–H and O–H groups in total. The summed E-state index contributed by atoms with van der Waals surface area (Å²) < 4.78 is 124. The number of hydrogen-bond acceptors (Lipinski definition) is 6. The zero-order chi connectivity index (χ0) is 34.6. The third-order valence-electron chi connectivity index (χ3n) is 6.51. The molecule has 0 saturated carbocycles. The van der Waals surface area contributed by atoms with E-state index < -0.39 is 60.4 Å². The van der Waals surface area contributed by atoms with Crippen molar-refractivity contribution in [1.82, 2.24) is 0 Å². The molecule has 6 nitrogen and oxygen atoms in total. The number of halogens is 7. The first-order chi connectivity index (χ1) is 21.1. The third kappa shape index (κ3) is 12.0. The zero-order valence-electron chi connectivity index (χ0n) is 27.0. The Balaban J connectivity index is 1.68. The van der Waals surface area contributed by atoms with Gasteiger partial charge in [0, 0.05) is 6.92 Å². The SMILES string of the molecule is CC1=NC(CCc2ccc(OCCCc3ccc(F)c(C(F)(F)F)c3)c(C(F)(F)F)c2)(COP(OC(C)(C)C)OC(C)(C)C)CO1. The van der Waals surface area contributed by atoms with Crippen LogP contribution in [0, 0.1) is 5.82 Å². The number of ether oxygens (including phenoxy) is 2. The highest BCUT2D eigenvalue weighted by Gasteiger charge is 2.40. The zero-order valence-corrected chi connectivity index (χ0v) is 27.9. The monoisotopic (exact) mass is 683 g/mol. The summed E-state index contributed by atoms with van der Waals surface area (Å²) in [5.41, 5.74) is -3.75. The van der Waals surface area contributed by atoms with Crippen molar-refractivity contribution >= 4 is 14.5 Å². The Kier molecular flexibility index (Phi) is 12.2. The number of rotatable bonds is 13. The summed E-state index contributed by atoms with van der Waals surface area (Å²) in [4.78, 5) is 4.63. The van der Waals surface area contributed by atoms with E-state index in [1.807, 2.05) is 41.5 Å². The number of benzene rings is 2. The van der Waals surface area contributed by atoms with E-state index in [1.165, 1.54) is 18.2 Å². The third-order valence-corrected chi connectivity index (χ3v) is 8.25. The Hall–Kier alpha value is -2.47. The number of aliphatic imine (C=N–C) groups is 1. The van der Waals surface area contributed by atoms with Crippen molar-refractivity contribution in [3.05, 3.63) is 64.5 Å². The molecule has 0 bridgehead atoms. The summed E-state index contributed by atoms with van der Waals surface area (Å²) in [7, 11) is -1.78. The molecular weight excluding hydrogens is 642 g/mol. The van der Waals surface area contributed by atoms with Gasteiger partial charge in [0.2, 0.25) is 0 Å². The molecule has 0 radical (unpaired) electrons. The van der Waals surface area contributed by atoms with E-state index in [2.05, 4.69) is 4.99 Å². The molecule has 1 unspecified atom stereocenters. The van der Waals surface area contributed by atoms with Crippen LogP contribution in [0.2, 0.25) is 0 Å². The van der Waals surface area contributed by atoms with Gasteiger partial charge in [0.15, 0.2) is 5.90 Å². The predicted octanol–water partition coefficient (Wildman–Crippen LogP) is 9.87. The van der Waals surface area contributed by atoms with Gasteiger partial charge >= 0.3 is 21.0 Å². The molecule has 1 aliphatic heterocycles. The number of alkyl halides is 6. The molecule has 1 heterocycles. The Morgan fingerprint density at radius 3 is 1.93 bits per heavy atom. The van der Waals surface area contributed by atoms with Crippen molar-refractivity contribution in [1.29, 1.82) is 0 Å². The fourth-order valence-corrected chi connectivity index (χ4v) is 5.85. The van der Waals surface area contributed by atoms with Gasteiger partial charge in [-0.2, -0.15) is 26.3 Å². The summed E-state index contributed by atoms with van der Waals surface area (Å²) >= 11 is 0. The van der Waals surface area contributed by atoms with Crippen molar-refractivity contribution in [2.75, 3.05) is 19.8 Å². The van der Waals surface area contributed by atoms with Crippen molar-refractivity contribution < 1.29 is 53.8 Å². The van der Waals surface area contributed by atoms with Crippen LogP contribution in [0.4, 0.5) is 30.7 Å². The van der Waals surface area contributed by atoms with Crippen LogP contribution in [0.1, 0.15) is 83.6 Å². The van der Waals surface area contributed by atoms with Crippen molar-refractivity contribution in [3.8, 4) is 5.75 Å². The van der Waals surface area contributed by atoms with Gasteiger partial charge in [-0.1, -0.05) is 12.1 Å². The van der Waals surface area contributed by atoms with Crippen LogP contribution in [0.15, 0.2) is 41.4 Å². The van der Waals surface area contributed by atoms with Crippen molar-refractivity contribution in [2.24, 2.45) is 4.99 Å². The van der Waals surface area contributed by atoms with Crippen LogP contribution in [0.25, 0.3) is 0 Å². The standard InChI is InChI=1S/C32H41F7NO5P/c1-21-40-30(19-42-21,20-43-46(44-28(2,3)4)45-29(5,6)7)15-14-23-11-13-27(25(18-23)32(37,38)39)41-16-8-9-22-10-12-26(33)24(17-22)31(34,35)36/h10-13,17-18H,8-9,14-16,19-20H2,1-7H3. The maximum Gasteiger partial charge on any atom is 0.419 e. The average Bonchev–Trinajstić information content (AvgIpc) is 3.27. The molecule has 2 aromatic carbocycles. The van der Waals surface area contributed by atoms with Gasteiger partial charge in [0.1, 0.15) is 23.7 Å². The Morgan fingerprint density at radius 1 is 0.826 bits per heavy atom. The Morgan fingerprint density at radius 2 is 1.39 bits per heavy atom. The Bertz CT molecular complexity index is 1340. The van der Waals surface area contributed by atoms with Gasteiger partial charge in [-0.15, -0.1) is 0 Å². The van der Waals surface area contributed by atoms with Crippen LogP contribution in [0.3, 0.4) is 0 Å². The van der Waals surface area contributed by atoms with Gasteiger partial charge in [0.05, 0.1) is 35.5 Å². The minimum absolute atomic E-state index is 0.0543. The topological polar surface area (TPSA) is 58.5 Å². The largest absolute Gasteiger partial charge is 0.493 e. The second-order valence-electron chi connectivity index (χ2n) is 13.1. The van der Waals surface area contributed by atoms with Gasteiger partial charge in [-0.25, -0.2) is 9.38 Å². The molecule has 0 aliphatic carbocycles. The highest BCUT2D eigenvalue weighted by molar-refractivity contribution is 7.41. The molecule has 46 heavy (non-hydrogen) atoms. The lowest BCUT2D eigenvalue weighted by atomic mass is 9.93. The fourth-order valence-electron chi connectivity index (χ4n) is 4.46. The van der Waals surface area contributed by atoms with E-state index >= 15 is 0 Å². The van der Waals surface area contributed by atoms with E-state index in [4.69, 9.17) is 23.0 Å². The lowest BCUT2D eigenvalue weighted by molar-refractivity contribution is -0.140.